The minimum Gasteiger partial charge on any atom is -0.349 e. The van der Waals surface area contributed by atoms with Gasteiger partial charge in [0.25, 0.3) is 5.91 Å². The molecule has 9 heteroatoms. The summed E-state index contributed by atoms with van der Waals surface area (Å²) in [5, 5.41) is 14.5. The van der Waals surface area contributed by atoms with Crippen molar-refractivity contribution in [2.24, 2.45) is 0 Å². The third-order valence-electron chi connectivity index (χ3n) is 4.64. The predicted octanol–water partition coefficient (Wildman–Crippen LogP) is 3.34. The van der Waals surface area contributed by atoms with E-state index in [9.17, 15) is 14.0 Å². The minimum absolute atomic E-state index is 0.0242. The molecule has 3 rings (SSSR count). The van der Waals surface area contributed by atoms with Gasteiger partial charge in [0.1, 0.15) is 5.82 Å². The van der Waals surface area contributed by atoms with Gasteiger partial charge in [-0.25, -0.2) is 4.39 Å². The van der Waals surface area contributed by atoms with Crippen LogP contribution in [0.2, 0.25) is 0 Å². The number of hydrogen-bond acceptors (Lipinski definition) is 5. The first-order chi connectivity index (χ1) is 15.0. The lowest BCUT2D eigenvalue weighted by atomic mass is 10.1. The summed E-state index contributed by atoms with van der Waals surface area (Å²) < 4.78 is 15.6. The van der Waals surface area contributed by atoms with Gasteiger partial charge in [-0.3, -0.25) is 9.59 Å². The number of carbonyl (C=O) groups excluding carboxylic acids is 2. The maximum Gasteiger partial charge on any atom is 0.254 e. The number of rotatable bonds is 9. The zero-order valence-electron chi connectivity index (χ0n) is 17.3. The fraction of sp³-hybridized carbons (Fsp3) is 0.273. The topological polar surface area (TPSA) is 88.9 Å². The number of carbonyl (C=O) groups is 2. The molecular formula is C22H24FN5O2S. The molecule has 2 aromatic carbocycles. The van der Waals surface area contributed by atoms with Crippen LogP contribution in [-0.4, -0.2) is 32.3 Å². The highest BCUT2D eigenvalue weighted by atomic mass is 32.2. The Balaban J connectivity index is 1.55. The molecule has 0 unspecified atom stereocenters. The van der Waals surface area contributed by atoms with Crippen molar-refractivity contribution >= 4 is 23.6 Å². The van der Waals surface area contributed by atoms with Crippen LogP contribution in [0, 0.1) is 5.82 Å². The van der Waals surface area contributed by atoms with Gasteiger partial charge in [0, 0.05) is 6.54 Å². The molecule has 0 aliphatic heterocycles. The Hall–Kier alpha value is -3.20. The van der Waals surface area contributed by atoms with Gasteiger partial charge < -0.3 is 15.2 Å². The van der Waals surface area contributed by atoms with Crippen molar-refractivity contribution < 1.29 is 14.0 Å². The average molecular weight is 442 g/mol. The van der Waals surface area contributed by atoms with Gasteiger partial charge in [-0.1, -0.05) is 54.2 Å². The number of thioether (sulfide) groups is 1. The Morgan fingerprint density at radius 3 is 2.52 bits per heavy atom. The second kappa shape index (κ2) is 10.7. The van der Waals surface area contributed by atoms with E-state index in [1.165, 1.54) is 30.0 Å². The first-order valence-electron chi connectivity index (χ1n) is 9.91. The van der Waals surface area contributed by atoms with Crippen molar-refractivity contribution in [3.8, 4) is 0 Å². The smallest absolute Gasteiger partial charge is 0.254 e. The van der Waals surface area contributed by atoms with Gasteiger partial charge in [0.2, 0.25) is 5.91 Å². The van der Waals surface area contributed by atoms with Crippen molar-refractivity contribution in [1.82, 2.24) is 25.4 Å². The van der Waals surface area contributed by atoms with Gasteiger partial charge in [0.05, 0.1) is 23.9 Å². The first kappa shape index (κ1) is 22.5. The summed E-state index contributed by atoms with van der Waals surface area (Å²) in [6, 6.07) is 15.4. The van der Waals surface area contributed by atoms with Crippen molar-refractivity contribution in [2.45, 2.75) is 38.1 Å². The fourth-order valence-corrected chi connectivity index (χ4v) is 3.84. The molecular weight excluding hydrogens is 417 g/mol. The van der Waals surface area contributed by atoms with E-state index in [4.69, 9.17) is 0 Å². The molecule has 1 aromatic heterocycles. The van der Waals surface area contributed by atoms with Crippen LogP contribution in [0.5, 0.6) is 0 Å². The molecule has 1 atom stereocenters. The standard InChI is InChI=1S/C22H24FN5O2S/c1-3-28-19(13-24-21(30)17-11-7-8-12-18(17)23)26-27-22(28)31-14-20(29)25-15(2)16-9-5-4-6-10-16/h4-12,15H,3,13-14H2,1-2H3,(H,24,30)(H,25,29)/t15-/m1/s1. The molecule has 0 spiro atoms. The second-order valence-electron chi connectivity index (χ2n) is 6.79. The zero-order valence-corrected chi connectivity index (χ0v) is 18.2. The Morgan fingerprint density at radius 2 is 1.81 bits per heavy atom. The molecule has 0 aliphatic carbocycles. The molecule has 2 amide bonds. The van der Waals surface area contributed by atoms with E-state index in [2.05, 4.69) is 20.8 Å². The van der Waals surface area contributed by atoms with E-state index in [0.717, 1.165) is 5.56 Å². The molecule has 0 bridgehead atoms. The van der Waals surface area contributed by atoms with Gasteiger partial charge in [-0.2, -0.15) is 0 Å². The van der Waals surface area contributed by atoms with Gasteiger partial charge in [0.15, 0.2) is 11.0 Å². The number of aromatic nitrogens is 3. The van der Waals surface area contributed by atoms with Crippen LogP contribution in [0.4, 0.5) is 4.39 Å². The van der Waals surface area contributed by atoms with Crippen molar-refractivity contribution in [3.63, 3.8) is 0 Å². The van der Waals surface area contributed by atoms with E-state index in [0.29, 0.717) is 17.5 Å². The molecule has 0 saturated carbocycles. The number of halogens is 1. The number of benzene rings is 2. The Morgan fingerprint density at radius 1 is 1.10 bits per heavy atom. The quantitative estimate of drug-likeness (QED) is 0.497. The van der Waals surface area contributed by atoms with Crippen molar-refractivity contribution in [2.75, 3.05) is 5.75 Å². The highest BCUT2D eigenvalue weighted by Crippen LogP contribution is 2.18. The monoisotopic (exact) mass is 441 g/mol. The molecule has 31 heavy (non-hydrogen) atoms. The first-order valence-corrected chi connectivity index (χ1v) is 10.9. The Labute approximate surface area is 184 Å². The minimum atomic E-state index is -0.580. The fourth-order valence-electron chi connectivity index (χ4n) is 3.01. The molecule has 0 aliphatic rings. The molecule has 7 nitrogen and oxygen atoms in total. The van der Waals surface area contributed by atoms with E-state index in [1.807, 2.05) is 48.7 Å². The SMILES string of the molecule is CCn1c(CNC(=O)c2ccccc2F)nnc1SCC(=O)N[C@H](C)c1ccccc1. The summed E-state index contributed by atoms with van der Waals surface area (Å²) in [6.07, 6.45) is 0. The summed E-state index contributed by atoms with van der Waals surface area (Å²) in [5.74, 6) is -0.484. The molecule has 0 fully saturated rings. The van der Waals surface area contributed by atoms with Gasteiger partial charge >= 0.3 is 0 Å². The van der Waals surface area contributed by atoms with Gasteiger partial charge in [-0.05, 0) is 31.5 Å². The van der Waals surface area contributed by atoms with E-state index in [1.54, 1.807) is 6.07 Å². The van der Waals surface area contributed by atoms with Crippen molar-refractivity contribution in [1.29, 1.82) is 0 Å². The summed E-state index contributed by atoms with van der Waals surface area (Å²) in [6.45, 7) is 4.53. The van der Waals surface area contributed by atoms with Crippen LogP contribution in [-0.2, 0) is 17.9 Å². The normalized spacial score (nSPS) is 11.7. The van der Waals surface area contributed by atoms with Crippen LogP contribution in [0.25, 0.3) is 0 Å². The molecule has 0 radical (unpaired) electrons. The van der Waals surface area contributed by atoms with E-state index < -0.39 is 11.7 Å². The number of nitrogens with zero attached hydrogens (tertiary/aromatic N) is 3. The molecule has 3 aromatic rings. The maximum absolute atomic E-state index is 13.8. The van der Waals surface area contributed by atoms with Crippen LogP contribution < -0.4 is 10.6 Å². The predicted molar refractivity (Wildman–Crippen MR) is 117 cm³/mol. The highest BCUT2D eigenvalue weighted by Gasteiger charge is 2.16. The van der Waals surface area contributed by atoms with E-state index in [-0.39, 0.29) is 29.8 Å². The Bertz CT molecular complexity index is 1040. The molecule has 162 valence electrons. The molecule has 2 N–H and O–H groups in total. The lowest BCUT2D eigenvalue weighted by Gasteiger charge is -2.14. The highest BCUT2D eigenvalue weighted by molar-refractivity contribution is 7.99. The average Bonchev–Trinajstić information content (AvgIpc) is 3.18. The third kappa shape index (κ3) is 5.91. The lowest BCUT2D eigenvalue weighted by Crippen LogP contribution is -2.28. The van der Waals surface area contributed by atoms with Crippen LogP contribution in [0.3, 0.4) is 0 Å². The summed E-state index contributed by atoms with van der Waals surface area (Å²) in [7, 11) is 0. The van der Waals surface area contributed by atoms with Crippen LogP contribution >= 0.6 is 11.8 Å². The number of nitrogens with one attached hydrogen (secondary N) is 2. The summed E-state index contributed by atoms with van der Waals surface area (Å²) in [5.41, 5.74) is 1.01. The van der Waals surface area contributed by atoms with E-state index >= 15 is 0 Å². The zero-order chi connectivity index (χ0) is 22.2. The lowest BCUT2D eigenvalue weighted by molar-refractivity contribution is -0.119. The third-order valence-corrected chi connectivity index (χ3v) is 5.61. The summed E-state index contributed by atoms with van der Waals surface area (Å²) in [4.78, 5) is 24.5. The van der Waals surface area contributed by atoms with Crippen LogP contribution in [0.1, 0.15) is 41.6 Å². The molecule has 1 heterocycles. The molecule has 0 saturated heterocycles. The number of amides is 2. The largest absolute Gasteiger partial charge is 0.349 e. The Kier molecular flexibility index (Phi) is 7.77. The maximum atomic E-state index is 13.8. The second-order valence-corrected chi connectivity index (χ2v) is 7.74. The van der Waals surface area contributed by atoms with Crippen molar-refractivity contribution in [3.05, 3.63) is 77.4 Å². The number of hydrogen-bond donors (Lipinski definition) is 2. The van der Waals surface area contributed by atoms with Gasteiger partial charge in [-0.15, -0.1) is 10.2 Å². The van der Waals surface area contributed by atoms with Crippen LogP contribution in [0.15, 0.2) is 59.8 Å². The summed E-state index contributed by atoms with van der Waals surface area (Å²) >= 11 is 1.28.